The standard InChI is InChI=1S/C18H18ClNOS/c19-16-9-5-4-8-15(16)18(21)20-11-10-17(22-13-12-20)14-6-2-1-3-7-14/h1-9,17H,10-13H2/t17-/m0/s1. The van der Waals surface area contributed by atoms with E-state index in [4.69, 9.17) is 11.6 Å². The second-order valence-corrected chi connectivity index (χ2v) is 7.05. The molecule has 1 saturated heterocycles. The van der Waals surface area contributed by atoms with Gasteiger partial charge in [0.05, 0.1) is 10.6 Å². The molecule has 1 aliphatic rings. The SMILES string of the molecule is O=C(c1ccccc1Cl)N1CCS[C@H](c2ccccc2)CC1. The number of amides is 1. The molecule has 2 aromatic carbocycles. The number of thioether (sulfide) groups is 1. The number of hydrogen-bond donors (Lipinski definition) is 0. The zero-order valence-corrected chi connectivity index (χ0v) is 13.8. The number of hydrogen-bond acceptors (Lipinski definition) is 2. The van der Waals surface area contributed by atoms with Crippen LogP contribution in [0, 0.1) is 0 Å². The van der Waals surface area contributed by atoms with Gasteiger partial charge < -0.3 is 4.90 Å². The summed E-state index contributed by atoms with van der Waals surface area (Å²) in [6, 6.07) is 17.8. The molecule has 0 bridgehead atoms. The summed E-state index contributed by atoms with van der Waals surface area (Å²) >= 11 is 8.08. The van der Waals surface area contributed by atoms with Crippen LogP contribution in [0.1, 0.15) is 27.6 Å². The Morgan fingerprint density at radius 3 is 2.55 bits per heavy atom. The molecular formula is C18H18ClNOS. The predicted octanol–water partition coefficient (Wildman–Crippen LogP) is 4.66. The molecule has 0 unspecified atom stereocenters. The van der Waals surface area contributed by atoms with E-state index in [0.717, 1.165) is 25.3 Å². The summed E-state index contributed by atoms with van der Waals surface area (Å²) in [5, 5.41) is 0.995. The van der Waals surface area contributed by atoms with Crippen LogP contribution in [0.25, 0.3) is 0 Å². The smallest absolute Gasteiger partial charge is 0.255 e. The van der Waals surface area contributed by atoms with Gasteiger partial charge >= 0.3 is 0 Å². The van der Waals surface area contributed by atoms with E-state index in [0.29, 0.717) is 15.8 Å². The molecule has 1 amide bonds. The first-order valence-corrected chi connectivity index (χ1v) is 8.89. The van der Waals surface area contributed by atoms with Crippen molar-refractivity contribution in [2.24, 2.45) is 0 Å². The summed E-state index contributed by atoms with van der Waals surface area (Å²) in [6.45, 7) is 1.55. The fourth-order valence-corrected chi connectivity index (χ4v) is 4.16. The molecule has 4 heteroatoms. The van der Waals surface area contributed by atoms with Crippen LogP contribution in [0.2, 0.25) is 5.02 Å². The Bertz CT molecular complexity index is 647. The molecule has 1 aliphatic heterocycles. The molecule has 0 aromatic heterocycles. The highest BCUT2D eigenvalue weighted by molar-refractivity contribution is 7.99. The van der Waals surface area contributed by atoms with Gasteiger partial charge in [0.1, 0.15) is 0 Å². The van der Waals surface area contributed by atoms with Crippen LogP contribution in [0.5, 0.6) is 0 Å². The summed E-state index contributed by atoms with van der Waals surface area (Å²) in [5.74, 6) is 0.996. The first-order valence-electron chi connectivity index (χ1n) is 7.46. The lowest BCUT2D eigenvalue weighted by Gasteiger charge is -2.21. The lowest BCUT2D eigenvalue weighted by Crippen LogP contribution is -2.33. The molecule has 1 fully saturated rings. The number of halogens is 1. The summed E-state index contributed by atoms with van der Waals surface area (Å²) in [7, 11) is 0. The zero-order chi connectivity index (χ0) is 15.4. The van der Waals surface area contributed by atoms with Crippen molar-refractivity contribution in [3.63, 3.8) is 0 Å². The highest BCUT2D eigenvalue weighted by Gasteiger charge is 2.23. The maximum absolute atomic E-state index is 12.6. The van der Waals surface area contributed by atoms with Crippen molar-refractivity contribution >= 4 is 29.3 Å². The fraction of sp³-hybridized carbons (Fsp3) is 0.278. The summed E-state index contributed by atoms with van der Waals surface area (Å²) in [4.78, 5) is 14.6. The predicted molar refractivity (Wildman–Crippen MR) is 93.6 cm³/mol. The molecule has 1 heterocycles. The van der Waals surface area contributed by atoms with Gasteiger partial charge in [-0.15, -0.1) is 0 Å². The minimum absolute atomic E-state index is 0.0416. The van der Waals surface area contributed by atoms with E-state index < -0.39 is 0 Å². The van der Waals surface area contributed by atoms with Gasteiger partial charge in [0, 0.05) is 24.1 Å². The van der Waals surface area contributed by atoms with E-state index in [-0.39, 0.29) is 5.91 Å². The molecule has 0 radical (unpaired) electrons. The number of carbonyl (C=O) groups is 1. The van der Waals surface area contributed by atoms with Crippen molar-refractivity contribution in [2.75, 3.05) is 18.8 Å². The monoisotopic (exact) mass is 331 g/mol. The van der Waals surface area contributed by atoms with Crippen LogP contribution < -0.4 is 0 Å². The van der Waals surface area contributed by atoms with Gasteiger partial charge in [0.2, 0.25) is 0 Å². The van der Waals surface area contributed by atoms with E-state index in [1.165, 1.54) is 5.56 Å². The number of carbonyl (C=O) groups excluding carboxylic acids is 1. The zero-order valence-electron chi connectivity index (χ0n) is 12.2. The third-order valence-corrected chi connectivity index (χ3v) is 5.56. The van der Waals surface area contributed by atoms with Gasteiger partial charge in [-0.3, -0.25) is 4.79 Å². The van der Waals surface area contributed by atoms with E-state index in [1.807, 2.05) is 34.9 Å². The summed E-state index contributed by atoms with van der Waals surface area (Å²) in [6.07, 6.45) is 0.977. The molecule has 1 atom stereocenters. The highest BCUT2D eigenvalue weighted by Crippen LogP contribution is 2.34. The fourth-order valence-electron chi connectivity index (χ4n) is 2.71. The maximum atomic E-state index is 12.6. The maximum Gasteiger partial charge on any atom is 0.255 e. The van der Waals surface area contributed by atoms with Gasteiger partial charge in [-0.2, -0.15) is 11.8 Å². The third-order valence-electron chi connectivity index (χ3n) is 3.90. The molecule has 0 N–H and O–H groups in total. The number of nitrogens with zero attached hydrogens (tertiary/aromatic N) is 1. The first-order chi connectivity index (χ1) is 10.8. The molecule has 114 valence electrons. The van der Waals surface area contributed by atoms with Crippen LogP contribution in [0.15, 0.2) is 54.6 Å². The molecule has 0 saturated carbocycles. The number of rotatable bonds is 2. The average Bonchev–Trinajstić information content (AvgIpc) is 2.81. The second-order valence-electron chi connectivity index (χ2n) is 5.33. The molecule has 2 aromatic rings. The van der Waals surface area contributed by atoms with Crippen molar-refractivity contribution in [3.8, 4) is 0 Å². The minimum atomic E-state index is 0.0416. The van der Waals surface area contributed by atoms with Gasteiger partial charge in [-0.25, -0.2) is 0 Å². The van der Waals surface area contributed by atoms with Crippen molar-refractivity contribution in [1.82, 2.24) is 4.90 Å². The van der Waals surface area contributed by atoms with Crippen molar-refractivity contribution in [2.45, 2.75) is 11.7 Å². The van der Waals surface area contributed by atoms with E-state index in [1.54, 1.807) is 12.1 Å². The first kappa shape index (κ1) is 15.4. The quantitative estimate of drug-likeness (QED) is 0.797. The molecular weight excluding hydrogens is 314 g/mol. The van der Waals surface area contributed by atoms with Crippen LogP contribution in [-0.2, 0) is 0 Å². The average molecular weight is 332 g/mol. The van der Waals surface area contributed by atoms with Gasteiger partial charge in [0.15, 0.2) is 0 Å². The van der Waals surface area contributed by atoms with Gasteiger partial charge in [0.25, 0.3) is 5.91 Å². The molecule has 2 nitrogen and oxygen atoms in total. The van der Waals surface area contributed by atoms with Crippen LogP contribution >= 0.6 is 23.4 Å². The third kappa shape index (κ3) is 3.47. The topological polar surface area (TPSA) is 20.3 Å². The summed E-state index contributed by atoms with van der Waals surface area (Å²) < 4.78 is 0. The molecule has 22 heavy (non-hydrogen) atoms. The Morgan fingerprint density at radius 1 is 1.05 bits per heavy atom. The molecule has 0 aliphatic carbocycles. The normalized spacial score (nSPS) is 18.8. The van der Waals surface area contributed by atoms with E-state index in [2.05, 4.69) is 24.3 Å². The lowest BCUT2D eigenvalue weighted by atomic mass is 10.1. The Hall–Kier alpha value is -1.45. The van der Waals surface area contributed by atoms with Crippen LogP contribution in [0.3, 0.4) is 0 Å². The minimum Gasteiger partial charge on any atom is -0.338 e. The van der Waals surface area contributed by atoms with Gasteiger partial charge in [-0.05, 0) is 24.1 Å². The number of benzene rings is 2. The van der Waals surface area contributed by atoms with Crippen LogP contribution in [0.4, 0.5) is 0 Å². The van der Waals surface area contributed by atoms with Gasteiger partial charge in [-0.1, -0.05) is 54.1 Å². The second kappa shape index (κ2) is 7.21. The van der Waals surface area contributed by atoms with Crippen molar-refractivity contribution in [1.29, 1.82) is 0 Å². The van der Waals surface area contributed by atoms with Crippen molar-refractivity contribution in [3.05, 3.63) is 70.7 Å². The Labute approximate surface area is 140 Å². The van der Waals surface area contributed by atoms with Crippen molar-refractivity contribution < 1.29 is 4.79 Å². The largest absolute Gasteiger partial charge is 0.338 e. The Morgan fingerprint density at radius 2 is 1.77 bits per heavy atom. The Kier molecular flexibility index (Phi) is 5.06. The van der Waals surface area contributed by atoms with Crippen LogP contribution in [-0.4, -0.2) is 29.6 Å². The summed E-state index contributed by atoms with van der Waals surface area (Å²) in [5.41, 5.74) is 1.95. The Balaban J connectivity index is 1.70. The highest BCUT2D eigenvalue weighted by atomic mass is 35.5. The lowest BCUT2D eigenvalue weighted by molar-refractivity contribution is 0.0767. The van der Waals surface area contributed by atoms with E-state index >= 15 is 0 Å². The molecule has 0 spiro atoms. The van der Waals surface area contributed by atoms with E-state index in [9.17, 15) is 4.79 Å². The molecule has 3 rings (SSSR count).